The summed E-state index contributed by atoms with van der Waals surface area (Å²) in [7, 11) is 0. The van der Waals surface area contributed by atoms with Gasteiger partial charge in [-0.05, 0) is 24.6 Å². The summed E-state index contributed by atoms with van der Waals surface area (Å²) in [6.07, 6.45) is 2.60. The molecule has 0 unspecified atom stereocenters. The molecule has 20 heavy (non-hydrogen) atoms. The van der Waals surface area contributed by atoms with Crippen LogP contribution >= 0.6 is 11.6 Å². The Labute approximate surface area is 120 Å². The van der Waals surface area contributed by atoms with Crippen LogP contribution in [0.5, 0.6) is 0 Å². The molecule has 0 radical (unpaired) electrons. The summed E-state index contributed by atoms with van der Waals surface area (Å²) in [6, 6.07) is 5.23. The molecule has 6 nitrogen and oxygen atoms in total. The molecule has 1 aromatic carbocycles. The van der Waals surface area contributed by atoms with Gasteiger partial charge in [0.25, 0.3) is 0 Å². The number of aromatic nitrogens is 2. The number of nitrogens with one attached hydrogen (secondary N) is 1. The van der Waals surface area contributed by atoms with Gasteiger partial charge in [0.05, 0.1) is 11.2 Å². The van der Waals surface area contributed by atoms with Crippen LogP contribution in [-0.2, 0) is 11.3 Å². The third kappa shape index (κ3) is 3.16. The molecule has 0 saturated carbocycles. The second-order valence-corrected chi connectivity index (χ2v) is 4.69. The number of rotatable bonds is 3. The number of anilines is 2. The van der Waals surface area contributed by atoms with Gasteiger partial charge in [0.2, 0.25) is 5.91 Å². The van der Waals surface area contributed by atoms with E-state index < -0.39 is 5.69 Å². The lowest BCUT2D eigenvalue weighted by Crippen LogP contribution is -2.28. The van der Waals surface area contributed by atoms with Crippen LogP contribution in [0.4, 0.5) is 11.4 Å². The van der Waals surface area contributed by atoms with E-state index in [0.29, 0.717) is 11.4 Å². The van der Waals surface area contributed by atoms with Crippen molar-refractivity contribution >= 4 is 28.9 Å². The Kier molecular flexibility index (Phi) is 4.05. The summed E-state index contributed by atoms with van der Waals surface area (Å²) in [6.45, 7) is 1.64. The maximum Gasteiger partial charge on any atom is 0.348 e. The van der Waals surface area contributed by atoms with Gasteiger partial charge in [-0.1, -0.05) is 17.7 Å². The van der Waals surface area contributed by atoms with Gasteiger partial charge in [-0.3, -0.25) is 9.36 Å². The van der Waals surface area contributed by atoms with Gasteiger partial charge in [0, 0.05) is 17.6 Å². The first-order valence-electron chi connectivity index (χ1n) is 5.84. The molecule has 104 valence electrons. The highest BCUT2D eigenvalue weighted by Gasteiger charge is 2.08. The molecule has 0 aliphatic carbocycles. The molecule has 0 aliphatic rings. The van der Waals surface area contributed by atoms with E-state index in [1.54, 1.807) is 25.1 Å². The number of hydrogen-bond acceptors (Lipinski definition) is 4. The average molecular weight is 293 g/mol. The van der Waals surface area contributed by atoms with Crippen LogP contribution in [0, 0.1) is 6.92 Å². The topological polar surface area (TPSA) is 90.0 Å². The predicted molar refractivity (Wildman–Crippen MR) is 77.7 cm³/mol. The summed E-state index contributed by atoms with van der Waals surface area (Å²) in [5.41, 5.74) is 7.20. The van der Waals surface area contributed by atoms with Gasteiger partial charge in [-0.25, -0.2) is 9.78 Å². The van der Waals surface area contributed by atoms with Crippen molar-refractivity contribution in [2.45, 2.75) is 13.5 Å². The first-order chi connectivity index (χ1) is 9.47. The lowest BCUT2D eigenvalue weighted by Gasteiger charge is -2.10. The average Bonchev–Trinajstić information content (AvgIpc) is 2.39. The van der Waals surface area contributed by atoms with Gasteiger partial charge in [-0.15, -0.1) is 0 Å². The van der Waals surface area contributed by atoms with Gasteiger partial charge < -0.3 is 11.1 Å². The maximum absolute atomic E-state index is 11.9. The Morgan fingerprint density at radius 2 is 2.25 bits per heavy atom. The van der Waals surface area contributed by atoms with Crippen LogP contribution in [0.1, 0.15) is 5.56 Å². The molecule has 2 rings (SSSR count). The minimum Gasteiger partial charge on any atom is -0.398 e. The van der Waals surface area contributed by atoms with Crippen LogP contribution in [0.3, 0.4) is 0 Å². The van der Waals surface area contributed by atoms with Crippen molar-refractivity contribution in [1.29, 1.82) is 0 Å². The fourth-order valence-electron chi connectivity index (χ4n) is 1.68. The molecule has 0 bridgehead atoms. The summed E-state index contributed by atoms with van der Waals surface area (Å²) in [5.74, 6) is -0.357. The largest absolute Gasteiger partial charge is 0.398 e. The molecule has 1 amide bonds. The first kappa shape index (κ1) is 14.1. The van der Waals surface area contributed by atoms with Crippen LogP contribution in [-0.4, -0.2) is 15.5 Å². The van der Waals surface area contributed by atoms with Crippen LogP contribution in [0.25, 0.3) is 0 Å². The smallest absolute Gasteiger partial charge is 0.348 e. The van der Waals surface area contributed by atoms with Gasteiger partial charge >= 0.3 is 5.69 Å². The zero-order valence-corrected chi connectivity index (χ0v) is 11.5. The molecule has 0 fully saturated rings. The predicted octanol–water partition coefficient (Wildman–Crippen LogP) is 1.43. The molecule has 0 saturated heterocycles. The summed E-state index contributed by atoms with van der Waals surface area (Å²) < 4.78 is 1.14. The van der Waals surface area contributed by atoms with Crippen molar-refractivity contribution in [2.24, 2.45) is 0 Å². The zero-order chi connectivity index (χ0) is 14.7. The quantitative estimate of drug-likeness (QED) is 0.837. The number of amides is 1. The van der Waals surface area contributed by atoms with Crippen LogP contribution < -0.4 is 16.7 Å². The number of carbonyl (C=O) groups is 1. The molecule has 0 spiro atoms. The maximum atomic E-state index is 11.9. The van der Waals surface area contributed by atoms with E-state index in [2.05, 4.69) is 10.3 Å². The van der Waals surface area contributed by atoms with E-state index in [4.69, 9.17) is 17.3 Å². The third-order valence-electron chi connectivity index (χ3n) is 2.79. The fourth-order valence-corrected chi connectivity index (χ4v) is 1.84. The Hall–Kier alpha value is -2.34. The summed E-state index contributed by atoms with van der Waals surface area (Å²) >= 11 is 5.74. The third-order valence-corrected chi connectivity index (χ3v) is 2.98. The molecular weight excluding hydrogens is 280 g/mol. The Balaban J connectivity index is 2.15. The lowest BCUT2D eigenvalue weighted by atomic mass is 10.1. The molecule has 3 N–H and O–H groups in total. The molecule has 1 aromatic heterocycles. The number of halogens is 1. The monoisotopic (exact) mass is 292 g/mol. The number of benzene rings is 1. The lowest BCUT2D eigenvalue weighted by molar-refractivity contribution is -0.116. The molecule has 7 heteroatoms. The van der Waals surface area contributed by atoms with E-state index in [9.17, 15) is 9.59 Å². The molecular formula is C13H13ClN4O2. The van der Waals surface area contributed by atoms with E-state index in [1.807, 2.05) is 0 Å². The standard InChI is InChI=1S/C13H13ClN4O2/c1-8-10(15)3-2-4-11(8)17-12(19)7-18-6-9(14)5-16-13(18)20/h2-6H,7,15H2,1H3,(H,17,19). The van der Waals surface area contributed by atoms with E-state index in [-0.39, 0.29) is 17.5 Å². The number of hydrogen-bond donors (Lipinski definition) is 2. The van der Waals surface area contributed by atoms with E-state index >= 15 is 0 Å². The van der Waals surface area contributed by atoms with Gasteiger partial charge in [0.15, 0.2) is 0 Å². The van der Waals surface area contributed by atoms with E-state index in [0.717, 1.165) is 10.1 Å². The van der Waals surface area contributed by atoms with Crippen molar-refractivity contribution in [3.8, 4) is 0 Å². The fraction of sp³-hybridized carbons (Fsp3) is 0.154. The van der Waals surface area contributed by atoms with Crippen molar-refractivity contribution in [1.82, 2.24) is 9.55 Å². The minimum atomic E-state index is -0.533. The normalized spacial score (nSPS) is 10.3. The second kappa shape index (κ2) is 5.75. The molecule has 0 atom stereocenters. The van der Waals surface area contributed by atoms with Gasteiger partial charge in [0.1, 0.15) is 6.54 Å². The number of nitrogen functional groups attached to an aromatic ring is 1. The van der Waals surface area contributed by atoms with Crippen LogP contribution in [0.2, 0.25) is 5.02 Å². The Morgan fingerprint density at radius 3 is 3.00 bits per heavy atom. The van der Waals surface area contributed by atoms with Gasteiger partial charge in [-0.2, -0.15) is 0 Å². The Bertz CT molecular complexity index is 712. The molecule has 0 aliphatic heterocycles. The van der Waals surface area contributed by atoms with Crippen molar-refractivity contribution < 1.29 is 4.79 Å². The summed E-state index contributed by atoms with van der Waals surface area (Å²) in [5, 5.41) is 2.99. The zero-order valence-electron chi connectivity index (χ0n) is 10.8. The highest BCUT2D eigenvalue weighted by molar-refractivity contribution is 6.30. The highest BCUT2D eigenvalue weighted by Crippen LogP contribution is 2.20. The number of nitrogens with two attached hydrogens (primary N) is 1. The molecule has 1 heterocycles. The van der Waals surface area contributed by atoms with Crippen molar-refractivity contribution in [3.05, 3.63) is 51.7 Å². The van der Waals surface area contributed by atoms with Crippen LogP contribution in [0.15, 0.2) is 35.4 Å². The van der Waals surface area contributed by atoms with E-state index in [1.165, 1.54) is 12.4 Å². The second-order valence-electron chi connectivity index (χ2n) is 4.25. The first-order valence-corrected chi connectivity index (χ1v) is 6.22. The van der Waals surface area contributed by atoms with Crippen molar-refractivity contribution in [3.63, 3.8) is 0 Å². The van der Waals surface area contributed by atoms with Crippen molar-refractivity contribution in [2.75, 3.05) is 11.1 Å². The number of nitrogens with zero attached hydrogens (tertiary/aromatic N) is 2. The highest BCUT2D eigenvalue weighted by atomic mass is 35.5. The summed E-state index contributed by atoms with van der Waals surface area (Å²) in [4.78, 5) is 26.9. The molecule has 2 aromatic rings. The Morgan fingerprint density at radius 1 is 1.50 bits per heavy atom. The number of carbonyl (C=O) groups excluding carboxylic acids is 1. The SMILES string of the molecule is Cc1c(N)cccc1NC(=O)Cn1cc(Cl)cnc1=O. The minimum absolute atomic E-state index is 0.166.